The van der Waals surface area contributed by atoms with Gasteiger partial charge >= 0.3 is 0 Å². The maximum Gasteiger partial charge on any atom is 0.0649 e. The van der Waals surface area contributed by atoms with Crippen LogP contribution in [0.15, 0.2) is 0 Å². The van der Waals surface area contributed by atoms with Gasteiger partial charge in [0.25, 0.3) is 0 Å². The molecule has 0 rings (SSSR count). The van der Waals surface area contributed by atoms with Crippen LogP contribution in [0.1, 0.15) is 58.8 Å². The van der Waals surface area contributed by atoms with Crippen LogP contribution in [0, 0.1) is 11.8 Å². The van der Waals surface area contributed by atoms with E-state index in [1.807, 2.05) is 6.92 Å². The molecule has 0 aliphatic rings. The van der Waals surface area contributed by atoms with Crippen LogP contribution in [0.25, 0.3) is 0 Å². The average Bonchev–Trinajstić information content (AvgIpc) is 2.14. The zero-order chi connectivity index (χ0) is 9.94. The van der Waals surface area contributed by atoms with E-state index in [4.69, 9.17) is 0 Å². The van der Waals surface area contributed by atoms with Crippen molar-refractivity contribution in [2.75, 3.05) is 0 Å². The van der Waals surface area contributed by atoms with Crippen molar-refractivity contribution in [3.05, 3.63) is 0 Å². The summed E-state index contributed by atoms with van der Waals surface area (Å²) in [6.07, 6.45) is 7.67. The van der Waals surface area contributed by atoms with Gasteiger partial charge in [-0.25, -0.2) is 0 Å². The third kappa shape index (κ3) is 9.43. The largest absolute Gasteiger partial charge is 0.392 e. The first-order valence-electron chi connectivity index (χ1n) is 5.39. The molecule has 0 aromatic carbocycles. The molecular formula is C12H22O. The molecule has 0 heterocycles. The van der Waals surface area contributed by atoms with Gasteiger partial charge < -0.3 is 5.11 Å². The summed E-state index contributed by atoms with van der Waals surface area (Å²) in [5.41, 5.74) is 0. The standard InChI is InChI=1S/C12H22O/c1-3-5-7-8-9-11-12(13)10-6-4-2/h12-13H,3,5,7-11H2,1-2H3. The fourth-order valence-corrected chi connectivity index (χ4v) is 1.31. The third-order valence-electron chi connectivity index (χ3n) is 2.16. The first kappa shape index (κ1) is 12.5. The normalized spacial score (nSPS) is 11.9. The molecule has 0 saturated heterocycles. The van der Waals surface area contributed by atoms with Crippen molar-refractivity contribution >= 4 is 0 Å². The molecule has 1 heteroatoms. The van der Waals surface area contributed by atoms with E-state index in [9.17, 15) is 5.11 Å². The molecule has 0 amide bonds. The first-order chi connectivity index (χ1) is 6.31. The first-order valence-corrected chi connectivity index (χ1v) is 5.39. The molecule has 1 N–H and O–H groups in total. The second-order valence-electron chi connectivity index (χ2n) is 3.49. The third-order valence-corrected chi connectivity index (χ3v) is 2.16. The van der Waals surface area contributed by atoms with E-state index in [0.29, 0.717) is 6.42 Å². The van der Waals surface area contributed by atoms with Gasteiger partial charge in [-0.2, -0.15) is 0 Å². The van der Waals surface area contributed by atoms with E-state index >= 15 is 0 Å². The van der Waals surface area contributed by atoms with Gasteiger partial charge in [0.15, 0.2) is 0 Å². The summed E-state index contributed by atoms with van der Waals surface area (Å²) in [4.78, 5) is 0. The van der Waals surface area contributed by atoms with Crippen molar-refractivity contribution in [3.63, 3.8) is 0 Å². The Bertz CT molecular complexity index is 152. The summed E-state index contributed by atoms with van der Waals surface area (Å²) in [6.45, 7) is 4.03. The van der Waals surface area contributed by atoms with Crippen LogP contribution in [-0.4, -0.2) is 11.2 Å². The van der Waals surface area contributed by atoms with Crippen molar-refractivity contribution in [1.82, 2.24) is 0 Å². The SMILES string of the molecule is CC#CCC(O)CCCCCCC. The minimum Gasteiger partial charge on any atom is -0.392 e. The van der Waals surface area contributed by atoms with E-state index in [2.05, 4.69) is 18.8 Å². The predicted octanol–water partition coefficient (Wildman–Crippen LogP) is 3.12. The quantitative estimate of drug-likeness (QED) is 0.474. The molecular weight excluding hydrogens is 160 g/mol. The van der Waals surface area contributed by atoms with Gasteiger partial charge in [-0.1, -0.05) is 39.0 Å². The lowest BCUT2D eigenvalue weighted by Crippen LogP contribution is -2.04. The summed E-state index contributed by atoms with van der Waals surface area (Å²) < 4.78 is 0. The summed E-state index contributed by atoms with van der Waals surface area (Å²) in [5.74, 6) is 5.70. The van der Waals surface area contributed by atoms with Crippen LogP contribution >= 0.6 is 0 Å². The summed E-state index contributed by atoms with van der Waals surface area (Å²) in [7, 11) is 0. The molecule has 0 radical (unpaired) electrons. The number of unbranched alkanes of at least 4 members (excludes halogenated alkanes) is 4. The Morgan fingerprint density at radius 3 is 2.46 bits per heavy atom. The topological polar surface area (TPSA) is 20.2 Å². The maximum atomic E-state index is 9.43. The summed E-state index contributed by atoms with van der Waals surface area (Å²) in [5, 5.41) is 9.43. The van der Waals surface area contributed by atoms with Crippen LogP contribution in [0.5, 0.6) is 0 Å². The molecule has 76 valence electrons. The van der Waals surface area contributed by atoms with Gasteiger partial charge in [0.1, 0.15) is 0 Å². The summed E-state index contributed by atoms with van der Waals surface area (Å²) >= 11 is 0. The Morgan fingerprint density at radius 1 is 1.15 bits per heavy atom. The lowest BCUT2D eigenvalue weighted by atomic mass is 10.1. The van der Waals surface area contributed by atoms with Crippen molar-refractivity contribution in [2.45, 2.75) is 64.9 Å². The van der Waals surface area contributed by atoms with Gasteiger partial charge in [-0.05, 0) is 13.3 Å². The molecule has 1 unspecified atom stereocenters. The second-order valence-corrected chi connectivity index (χ2v) is 3.49. The van der Waals surface area contributed by atoms with E-state index in [1.54, 1.807) is 0 Å². The average molecular weight is 182 g/mol. The Morgan fingerprint density at radius 2 is 1.85 bits per heavy atom. The van der Waals surface area contributed by atoms with Crippen molar-refractivity contribution in [3.8, 4) is 11.8 Å². The fourth-order valence-electron chi connectivity index (χ4n) is 1.31. The van der Waals surface area contributed by atoms with Crippen LogP contribution in [0.4, 0.5) is 0 Å². The lowest BCUT2D eigenvalue weighted by Gasteiger charge is -2.05. The fraction of sp³-hybridized carbons (Fsp3) is 0.833. The van der Waals surface area contributed by atoms with Gasteiger partial charge in [-0.15, -0.1) is 11.8 Å². The van der Waals surface area contributed by atoms with Crippen molar-refractivity contribution in [1.29, 1.82) is 0 Å². The van der Waals surface area contributed by atoms with Crippen LogP contribution < -0.4 is 0 Å². The van der Waals surface area contributed by atoms with Crippen LogP contribution in [0.3, 0.4) is 0 Å². The minimum absolute atomic E-state index is 0.200. The number of rotatable bonds is 7. The zero-order valence-corrected chi connectivity index (χ0v) is 8.97. The van der Waals surface area contributed by atoms with Crippen LogP contribution in [0.2, 0.25) is 0 Å². The smallest absolute Gasteiger partial charge is 0.0649 e. The molecule has 1 nitrogen and oxygen atoms in total. The number of hydrogen-bond acceptors (Lipinski definition) is 1. The highest BCUT2D eigenvalue weighted by Crippen LogP contribution is 2.08. The molecule has 0 aromatic heterocycles. The molecule has 1 atom stereocenters. The molecule has 0 bridgehead atoms. The number of hydrogen-bond donors (Lipinski definition) is 1. The van der Waals surface area contributed by atoms with E-state index in [1.165, 1.54) is 25.7 Å². The summed E-state index contributed by atoms with van der Waals surface area (Å²) in [6, 6.07) is 0. The molecule has 0 aliphatic heterocycles. The Balaban J connectivity index is 3.15. The maximum absolute atomic E-state index is 9.43. The molecule has 0 aromatic rings. The molecule has 0 fully saturated rings. The van der Waals surface area contributed by atoms with E-state index < -0.39 is 0 Å². The van der Waals surface area contributed by atoms with Gasteiger partial charge in [-0.3, -0.25) is 0 Å². The van der Waals surface area contributed by atoms with E-state index in [0.717, 1.165) is 12.8 Å². The zero-order valence-electron chi connectivity index (χ0n) is 8.97. The van der Waals surface area contributed by atoms with Gasteiger partial charge in [0, 0.05) is 6.42 Å². The molecule has 13 heavy (non-hydrogen) atoms. The molecule has 0 spiro atoms. The lowest BCUT2D eigenvalue weighted by molar-refractivity contribution is 0.166. The highest BCUT2D eigenvalue weighted by atomic mass is 16.3. The predicted molar refractivity (Wildman–Crippen MR) is 57.4 cm³/mol. The number of aliphatic hydroxyl groups is 1. The van der Waals surface area contributed by atoms with E-state index in [-0.39, 0.29) is 6.10 Å². The van der Waals surface area contributed by atoms with Gasteiger partial charge in [0.05, 0.1) is 6.10 Å². The second kappa shape index (κ2) is 9.61. The highest BCUT2D eigenvalue weighted by Gasteiger charge is 2.00. The van der Waals surface area contributed by atoms with Crippen molar-refractivity contribution in [2.24, 2.45) is 0 Å². The molecule has 0 saturated carbocycles. The minimum atomic E-state index is -0.200. The monoisotopic (exact) mass is 182 g/mol. The molecule has 0 aliphatic carbocycles. The Hall–Kier alpha value is -0.480. The Kier molecular flexibility index (Phi) is 9.25. The van der Waals surface area contributed by atoms with Crippen molar-refractivity contribution < 1.29 is 5.11 Å². The van der Waals surface area contributed by atoms with Crippen LogP contribution in [-0.2, 0) is 0 Å². The highest BCUT2D eigenvalue weighted by molar-refractivity contribution is 4.96. The Labute approximate surface area is 82.5 Å². The van der Waals surface area contributed by atoms with Gasteiger partial charge in [0.2, 0.25) is 0 Å². The number of aliphatic hydroxyl groups excluding tert-OH is 1.